The molecule has 0 atom stereocenters. The Morgan fingerprint density at radius 2 is 1.62 bits per heavy atom. The van der Waals surface area contributed by atoms with Crippen LogP contribution in [0.3, 0.4) is 0 Å². The third-order valence-corrected chi connectivity index (χ3v) is 3.29. The summed E-state index contributed by atoms with van der Waals surface area (Å²) >= 11 is 0. The summed E-state index contributed by atoms with van der Waals surface area (Å²) in [6.45, 7) is 6.10. The Kier molecular flexibility index (Phi) is 4.78. The van der Waals surface area contributed by atoms with E-state index in [1.165, 1.54) is 36.2 Å². The van der Waals surface area contributed by atoms with Gasteiger partial charge in [0.2, 0.25) is 0 Å². The van der Waals surface area contributed by atoms with Gasteiger partial charge in [-0.05, 0) is 5.56 Å². The van der Waals surface area contributed by atoms with Gasteiger partial charge >= 0.3 is 0 Å². The van der Waals surface area contributed by atoms with Crippen LogP contribution in [-0.4, -0.2) is 49.7 Å². The summed E-state index contributed by atoms with van der Waals surface area (Å²) in [6, 6.07) is 10.8. The van der Waals surface area contributed by atoms with Gasteiger partial charge in [-0.25, -0.2) is 0 Å². The van der Waals surface area contributed by atoms with E-state index < -0.39 is 0 Å². The Bertz CT molecular complexity index is 301. The zero-order chi connectivity index (χ0) is 10.7. The predicted molar refractivity (Wildman–Crippen MR) is 63.6 cm³/mol. The Labute approximate surface area is 105 Å². The SMILES string of the molecule is C[N+]1(C)CCN(Cc2ccccc2)CC1.[Cl-]. The van der Waals surface area contributed by atoms with Crippen LogP contribution in [0, 0.1) is 0 Å². The summed E-state index contributed by atoms with van der Waals surface area (Å²) in [5.41, 5.74) is 1.43. The number of likely N-dealkylation sites (N-methyl/N-ethyl adjacent to an activating group) is 1. The van der Waals surface area contributed by atoms with E-state index in [-0.39, 0.29) is 12.4 Å². The molecule has 1 aromatic rings. The van der Waals surface area contributed by atoms with Crippen molar-refractivity contribution in [3.05, 3.63) is 35.9 Å². The minimum Gasteiger partial charge on any atom is -1.00 e. The van der Waals surface area contributed by atoms with Crippen LogP contribution in [0.1, 0.15) is 5.56 Å². The molecule has 0 spiro atoms. The van der Waals surface area contributed by atoms with Crippen LogP contribution >= 0.6 is 0 Å². The van der Waals surface area contributed by atoms with Crippen LogP contribution in [0.2, 0.25) is 0 Å². The molecule has 0 N–H and O–H groups in total. The molecule has 0 amide bonds. The summed E-state index contributed by atoms with van der Waals surface area (Å²) in [4.78, 5) is 2.55. The summed E-state index contributed by atoms with van der Waals surface area (Å²) in [5.74, 6) is 0. The molecule has 1 fully saturated rings. The molecule has 0 radical (unpaired) electrons. The fourth-order valence-electron chi connectivity index (χ4n) is 2.05. The second-order valence-electron chi connectivity index (χ2n) is 5.14. The summed E-state index contributed by atoms with van der Waals surface area (Å²) in [6.07, 6.45) is 0. The van der Waals surface area contributed by atoms with E-state index in [2.05, 4.69) is 49.3 Å². The third-order valence-electron chi connectivity index (χ3n) is 3.29. The lowest BCUT2D eigenvalue weighted by Gasteiger charge is -2.39. The number of nitrogens with zero attached hydrogens (tertiary/aromatic N) is 2. The molecule has 90 valence electrons. The fraction of sp³-hybridized carbons (Fsp3) is 0.538. The molecule has 1 aromatic carbocycles. The molecule has 1 aliphatic heterocycles. The molecular formula is C13H21ClN2. The van der Waals surface area contributed by atoms with E-state index in [0.29, 0.717) is 0 Å². The zero-order valence-corrected chi connectivity index (χ0v) is 11.0. The monoisotopic (exact) mass is 240 g/mol. The largest absolute Gasteiger partial charge is 1.00 e. The quantitative estimate of drug-likeness (QED) is 0.574. The van der Waals surface area contributed by atoms with Gasteiger partial charge in [0, 0.05) is 19.6 Å². The molecule has 2 nitrogen and oxygen atoms in total. The average molecular weight is 241 g/mol. The van der Waals surface area contributed by atoms with Gasteiger partial charge in [-0.15, -0.1) is 0 Å². The van der Waals surface area contributed by atoms with E-state index in [4.69, 9.17) is 0 Å². The highest BCUT2D eigenvalue weighted by Crippen LogP contribution is 2.10. The van der Waals surface area contributed by atoms with Crippen molar-refractivity contribution in [2.75, 3.05) is 40.3 Å². The van der Waals surface area contributed by atoms with Crippen molar-refractivity contribution in [3.8, 4) is 0 Å². The molecule has 1 heterocycles. The maximum Gasteiger partial charge on any atom is 0.0912 e. The summed E-state index contributed by atoms with van der Waals surface area (Å²) < 4.78 is 1.17. The van der Waals surface area contributed by atoms with Crippen LogP contribution in [0.15, 0.2) is 30.3 Å². The predicted octanol–water partition coefficient (Wildman–Crippen LogP) is -1.42. The number of quaternary nitrogens is 1. The van der Waals surface area contributed by atoms with Crippen molar-refractivity contribution < 1.29 is 16.9 Å². The van der Waals surface area contributed by atoms with Crippen molar-refractivity contribution in [2.24, 2.45) is 0 Å². The van der Waals surface area contributed by atoms with Gasteiger partial charge < -0.3 is 16.9 Å². The fourth-order valence-corrected chi connectivity index (χ4v) is 2.05. The molecule has 0 aromatic heterocycles. The molecular weight excluding hydrogens is 220 g/mol. The van der Waals surface area contributed by atoms with Crippen molar-refractivity contribution in [1.82, 2.24) is 4.90 Å². The Hall–Kier alpha value is -0.570. The number of halogens is 1. The van der Waals surface area contributed by atoms with E-state index in [0.717, 1.165) is 6.54 Å². The number of hydrogen-bond acceptors (Lipinski definition) is 1. The number of piperazine rings is 1. The van der Waals surface area contributed by atoms with Crippen molar-refractivity contribution in [1.29, 1.82) is 0 Å². The summed E-state index contributed by atoms with van der Waals surface area (Å²) in [5, 5.41) is 0. The molecule has 0 aliphatic carbocycles. The highest BCUT2D eigenvalue weighted by molar-refractivity contribution is 5.14. The maximum absolute atomic E-state index is 2.55. The van der Waals surface area contributed by atoms with Gasteiger partial charge in [0.15, 0.2) is 0 Å². The van der Waals surface area contributed by atoms with Gasteiger partial charge in [0.1, 0.15) is 0 Å². The summed E-state index contributed by atoms with van der Waals surface area (Å²) in [7, 11) is 4.64. The topological polar surface area (TPSA) is 3.24 Å². The zero-order valence-electron chi connectivity index (χ0n) is 10.2. The third kappa shape index (κ3) is 3.78. The Morgan fingerprint density at radius 1 is 1.06 bits per heavy atom. The van der Waals surface area contributed by atoms with Crippen LogP contribution in [0.25, 0.3) is 0 Å². The number of hydrogen-bond donors (Lipinski definition) is 0. The lowest BCUT2D eigenvalue weighted by atomic mass is 10.2. The molecule has 0 unspecified atom stereocenters. The van der Waals surface area contributed by atoms with E-state index >= 15 is 0 Å². The van der Waals surface area contributed by atoms with E-state index in [9.17, 15) is 0 Å². The first-order valence-corrected chi connectivity index (χ1v) is 5.74. The Morgan fingerprint density at radius 3 is 2.19 bits per heavy atom. The molecule has 1 aliphatic rings. The lowest BCUT2D eigenvalue weighted by Crippen LogP contribution is -3.00. The molecule has 0 saturated carbocycles. The van der Waals surface area contributed by atoms with E-state index in [1.807, 2.05) is 0 Å². The van der Waals surface area contributed by atoms with Crippen LogP contribution in [0.4, 0.5) is 0 Å². The van der Waals surface area contributed by atoms with Crippen molar-refractivity contribution in [3.63, 3.8) is 0 Å². The van der Waals surface area contributed by atoms with Crippen molar-refractivity contribution in [2.45, 2.75) is 6.54 Å². The number of rotatable bonds is 2. The standard InChI is InChI=1S/C13H21N2.ClH/c1-15(2)10-8-14(9-11-15)12-13-6-4-3-5-7-13;/h3-7H,8-12H2,1-2H3;1H/q+1;/p-1. The van der Waals surface area contributed by atoms with Gasteiger partial charge in [0.25, 0.3) is 0 Å². The van der Waals surface area contributed by atoms with Crippen LogP contribution in [0.5, 0.6) is 0 Å². The normalized spacial score (nSPS) is 20.1. The first kappa shape index (κ1) is 13.5. The first-order valence-electron chi connectivity index (χ1n) is 5.74. The Balaban J connectivity index is 0.00000128. The molecule has 2 rings (SSSR count). The van der Waals surface area contributed by atoms with Gasteiger partial charge in [-0.3, -0.25) is 4.90 Å². The second kappa shape index (κ2) is 5.67. The smallest absolute Gasteiger partial charge is 0.0912 e. The molecule has 3 heteroatoms. The minimum atomic E-state index is 0. The average Bonchev–Trinajstić information content (AvgIpc) is 2.23. The lowest BCUT2D eigenvalue weighted by molar-refractivity contribution is -0.894. The number of benzene rings is 1. The maximum atomic E-state index is 2.55. The highest BCUT2D eigenvalue weighted by atomic mass is 35.5. The molecule has 16 heavy (non-hydrogen) atoms. The minimum absolute atomic E-state index is 0. The van der Waals surface area contributed by atoms with Crippen molar-refractivity contribution >= 4 is 0 Å². The first-order chi connectivity index (χ1) is 7.16. The second-order valence-corrected chi connectivity index (χ2v) is 5.14. The van der Waals surface area contributed by atoms with Crippen LogP contribution < -0.4 is 12.4 Å². The van der Waals surface area contributed by atoms with Gasteiger partial charge in [-0.2, -0.15) is 0 Å². The molecule has 0 bridgehead atoms. The van der Waals surface area contributed by atoms with E-state index in [1.54, 1.807) is 0 Å². The highest BCUT2D eigenvalue weighted by Gasteiger charge is 2.23. The van der Waals surface area contributed by atoms with Gasteiger partial charge in [-0.1, -0.05) is 30.3 Å². The van der Waals surface area contributed by atoms with Gasteiger partial charge in [0.05, 0.1) is 27.2 Å². The van der Waals surface area contributed by atoms with Crippen LogP contribution in [-0.2, 0) is 6.54 Å². The molecule has 1 saturated heterocycles.